The summed E-state index contributed by atoms with van der Waals surface area (Å²) in [6.45, 7) is 5.11. The van der Waals surface area contributed by atoms with Crippen molar-refractivity contribution in [1.29, 1.82) is 0 Å². The number of thiazole rings is 1. The molecule has 0 amide bonds. The van der Waals surface area contributed by atoms with Crippen molar-refractivity contribution in [2.24, 2.45) is 5.73 Å². The standard InChI is InChI=1S/C10H17N3S.ClH/c1-8-10(14-7-12-8)6-13-4-2-3-9(13)5-11;/h7,9H,2-6,11H2,1H3;1H. The van der Waals surface area contributed by atoms with Crippen molar-refractivity contribution in [2.75, 3.05) is 13.1 Å². The summed E-state index contributed by atoms with van der Waals surface area (Å²) in [5, 5.41) is 0. The quantitative estimate of drug-likeness (QED) is 0.886. The normalized spacial score (nSPS) is 21.6. The van der Waals surface area contributed by atoms with Crippen LogP contribution in [0.15, 0.2) is 5.51 Å². The Morgan fingerprint density at radius 1 is 1.67 bits per heavy atom. The van der Waals surface area contributed by atoms with E-state index in [2.05, 4.69) is 16.8 Å². The fourth-order valence-electron chi connectivity index (χ4n) is 2.03. The highest BCUT2D eigenvalue weighted by Crippen LogP contribution is 2.22. The van der Waals surface area contributed by atoms with E-state index in [9.17, 15) is 0 Å². The van der Waals surface area contributed by atoms with E-state index in [0.29, 0.717) is 6.04 Å². The van der Waals surface area contributed by atoms with Gasteiger partial charge in [0.05, 0.1) is 11.2 Å². The van der Waals surface area contributed by atoms with E-state index in [1.165, 1.54) is 30.0 Å². The number of aromatic nitrogens is 1. The molecule has 86 valence electrons. The lowest BCUT2D eigenvalue weighted by Gasteiger charge is -2.22. The number of aryl methyl sites for hydroxylation is 1. The summed E-state index contributed by atoms with van der Waals surface area (Å²) in [6.07, 6.45) is 2.55. The third-order valence-corrected chi connectivity index (χ3v) is 3.88. The van der Waals surface area contributed by atoms with Gasteiger partial charge in [-0.25, -0.2) is 4.98 Å². The Balaban J connectivity index is 0.00000112. The minimum absolute atomic E-state index is 0. The maximum atomic E-state index is 5.74. The maximum absolute atomic E-state index is 5.74. The van der Waals surface area contributed by atoms with Gasteiger partial charge in [0.25, 0.3) is 0 Å². The first-order valence-electron chi connectivity index (χ1n) is 5.14. The largest absolute Gasteiger partial charge is 0.329 e. The van der Waals surface area contributed by atoms with Crippen molar-refractivity contribution in [3.8, 4) is 0 Å². The summed E-state index contributed by atoms with van der Waals surface area (Å²) in [6, 6.07) is 0.594. The van der Waals surface area contributed by atoms with Crippen molar-refractivity contribution < 1.29 is 0 Å². The second-order valence-electron chi connectivity index (χ2n) is 3.86. The molecule has 1 saturated heterocycles. The summed E-state index contributed by atoms with van der Waals surface area (Å²) in [5.74, 6) is 0. The molecule has 5 heteroatoms. The molecule has 0 bridgehead atoms. The van der Waals surface area contributed by atoms with Crippen molar-refractivity contribution >= 4 is 23.7 Å². The van der Waals surface area contributed by atoms with Crippen molar-refractivity contribution in [2.45, 2.75) is 32.4 Å². The highest BCUT2D eigenvalue weighted by atomic mass is 35.5. The third kappa shape index (κ3) is 2.91. The Morgan fingerprint density at radius 2 is 2.47 bits per heavy atom. The predicted molar refractivity (Wildman–Crippen MR) is 66.6 cm³/mol. The monoisotopic (exact) mass is 247 g/mol. The van der Waals surface area contributed by atoms with E-state index >= 15 is 0 Å². The molecule has 0 aliphatic carbocycles. The highest BCUT2D eigenvalue weighted by molar-refractivity contribution is 7.09. The topological polar surface area (TPSA) is 42.2 Å². The molecule has 1 atom stereocenters. The van der Waals surface area contributed by atoms with Gasteiger partial charge in [0, 0.05) is 24.0 Å². The first kappa shape index (κ1) is 12.9. The van der Waals surface area contributed by atoms with Crippen LogP contribution in [0.4, 0.5) is 0 Å². The molecule has 2 N–H and O–H groups in total. The SMILES string of the molecule is Cc1ncsc1CN1CCCC1CN.Cl. The summed E-state index contributed by atoms with van der Waals surface area (Å²) < 4.78 is 0. The number of hydrogen-bond acceptors (Lipinski definition) is 4. The van der Waals surface area contributed by atoms with Gasteiger partial charge in [-0.15, -0.1) is 23.7 Å². The molecule has 3 nitrogen and oxygen atoms in total. The molecule has 1 aliphatic heterocycles. The molecular formula is C10H18ClN3S. The van der Waals surface area contributed by atoms with Crippen LogP contribution in [-0.2, 0) is 6.54 Å². The molecule has 1 aliphatic rings. The van der Waals surface area contributed by atoms with Gasteiger partial charge in [-0.2, -0.15) is 0 Å². The van der Waals surface area contributed by atoms with Crippen LogP contribution in [0.25, 0.3) is 0 Å². The molecule has 1 aromatic rings. The van der Waals surface area contributed by atoms with Gasteiger partial charge in [-0.05, 0) is 26.3 Å². The molecule has 0 aromatic carbocycles. The Bertz CT molecular complexity index is 303. The zero-order chi connectivity index (χ0) is 9.97. The summed E-state index contributed by atoms with van der Waals surface area (Å²) in [5.41, 5.74) is 8.84. The minimum Gasteiger partial charge on any atom is -0.329 e. The molecule has 0 radical (unpaired) electrons. The van der Waals surface area contributed by atoms with Gasteiger partial charge in [0.2, 0.25) is 0 Å². The molecule has 15 heavy (non-hydrogen) atoms. The van der Waals surface area contributed by atoms with Gasteiger partial charge >= 0.3 is 0 Å². The lowest BCUT2D eigenvalue weighted by molar-refractivity contribution is 0.252. The highest BCUT2D eigenvalue weighted by Gasteiger charge is 2.23. The Labute approximate surface area is 101 Å². The van der Waals surface area contributed by atoms with E-state index in [1.807, 2.05) is 5.51 Å². The van der Waals surface area contributed by atoms with Crippen LogP contribution in [0.5, 0.6) is 0 Å². The first-order chi connectivity index (χ1) is 6.81. The van der Waals surface area contributed by atoms with Crippen molar-refractivity contribution in [3.05, 3.63) is 16.1 Å². The van der Waals surface area contributed by atoms with E-state index in [1.54, 1.807) is 11.3 Å². The van der Waals surface area contributed by atoms with Gasteiger partial charge in [-0.1, -0.05) is 0 Å². The fraction of sp³-hybridized carbons (Fsp3) is 0.700. The van der Waals surface area contributed by atoms with Crippen LogP contribution in [0.2, 0.25) is 0 Å². The third-order valence-electron chi connectivity index (χ3n) is 2.96. The number of rotatable bonds is 3. The average molecular weight is 248 g/mol. The Hall–Kier alpha value is -0.160. The lowest BCUT2D eigenvalue weighted by Crippen LogP contribution is -2.34. The van der Waals surface area contributed by atoms with Crippen molar-refractivity contribution in [1.82, 2.24) is 9.88 Å². The molecule has 2 rings (SSSR count). The zero-order valence-corrected chi connectivity index (χ0v) is 10.6. The number of hydrogen-bond donors (Lipinski definition) is 1. The van der Waals surface area contributed by atoms with Gasteiger partial charge < -0.3 is 5.73 Å². The lowest BCUT2D eigenvalue weighted by atomic mass is 10.2. The molecular weight excluding hydrogens is 230 g/mol. The number of nitrogens with zero attached hydrogens (tertiary/aromatic N) is 2. The van der Waals surface area contributed by atoms with Crippen LogP contribution < -0.4 is 5.73 Å². The fourth-order valence-corrected chi connectivity index (χ4v) is 2.83. The number of likely N-dealkylation sites (tertiary alicyclic amines) is 1. The number of nitrogens with two attached hydrogens (primary N) is 1. The zero-order valence-electron chi connectivity index (χ0n) is 8.98. The first-order valence-corrected chi connectivity index (χ1v) is 6.02. The van der Waals surface area contributed by atoms with Crippen LogP contribution in [-0.4, -0.2) is 29.0 Å². The molecule has 0 saturated carbocycles. The maximum Gasteiger partial charge on any atom is 0.0798 e. The second kappa shape index (κ2) is 5.80. The number of halogens is 1. The van der Waals surface area contributed by atoms with Gasteiger partial charge in [0.15, 0.2) is 0 Å². The molecule has 2 heterocycles. The molecule has 1 fully saturated rings. The van der Waals surface area contributed by atoms with Crippen LogP contribution in [0, 0.1) is 6.92 Å². The predicted octanol–water partition coefficient (Wildman–Crippen LogP) is 1.80. The minimum atomic E-state index is 0. The molecule has 1 aromatic heterocycles. The molecule has 0 spiro atoms. The van der Waals surface area contributed by atoms with Crippen molar-refractivity contribution in [3.63, 3.8) is 0 Å². The summed E-state index contributed by atoms with van der Waals surface area (Å²) in [4.78, 5) is 8.15. The van der Waals surface area contributed by atoms with E-state index < -0.39 is 0 Å². The van der Waals surface area contributed by atoms with Gasteiger partial charge in [-0.3, -0.25) is 4.90 Å². The van der Waals surface area contributed by atoms with Crippen LogP contribution >= 0.6 is 23.7 Å². The average Bonchev–Trinajstić information content (AvgIpc) is 2.77. The van der Waals surface area contributed by atoms with E-state index in [0.717, 1.165) is 13.1 Å². The van der Waals surface area contributed by atoms with Crippen LogP contribution in [0.1, 0.15) is 23.4 Å². The van der Waals surface area contributed by atoms with Crippen LogP contribution in [0.3, 0.4) is 0 Å². The Kier molecular flexibility index (Phi) is 4.99. The van der Waals surface area contributed by atoms with Gasteiger partial charge in [0.1, 0.15) is 0 Å². The summed E-state index contributed by atoms with van der Waals surface area (Å²) >= 11 is 1.76. The van der Waals surface area contributed by atoms with E-state index in [4.69, 9.17) is 5.73 Å². The smallest absolute Gasteiger partial charge is 0.0798 e. The second-order valence-corrected chi connectivity index (χ2v) is 4.80. The van der Waals surface area contributed by atoms with E-state index in [-0.39, 0.29) is 12.4 Å². The molecule has 1 unspecified atom stereocenters. The summed E-state index contributed by atoms with van der Waals surface area (Å²) in [7, 11) is 0. The Morgan fingerprint density at radius 3 is 3.07 bits per heavy atom.